The average Bonchev–Trinajstić information content (AvgIpc) is 3.20. The second-order valence-electron chi connectivity index (χ2n) is 5.59. The third-order valence-corrected chi connectivity index (χ3v) is 3.97. The number of benzene rings is 2. The van der Waals surface area contributed by atoms with E-state index in [4.69, 9.17) is 4.74 Å². The van der Waals surface area contributed by atoms with Crippen LogP contribution >= 0.6 is 0 Å². The summed E-state index contributed by atoms with van der Waals surface area (Å²) in [6.07, 6.45) is 1.34. The average molecular weight is 345 g/mol. The Morgan fingerprint density at radius 1 is 1.12 bits per heavy atom. The van der Waals surface area contributed by atoms with Crippen molar-refractivity contribution >= 4 is 22.8 Å². The molecule has 0 atom stereocenters. The van der Waals surface area contributed by atoms with Gasteiger partial charge in [-0.2, -0.15) is 10.1 Å². The van der Waals surface area contributed by atoms with Gasteiger partial charge in [0.25, 0.3) is 5.91 Å². The van der Waals surface area contributed by atoms with Gasteiger partial charge >= 0.3 is 0 Å². The predicted octanol–water partition coefficient (Wildman–Crippen LogP) is 3.28. The lowest BCUT2D eigenvalue weighted by atomic mass is 10.0. The van der Waals surface area contributed by atoms with Crippen molar-refractivity contribution in [1.29, 1.82) is 0 Å². The number of hydrogen-bond acceptors (Lipinski definition) is 5. The molecule has 128 valence electrons. The number of pyridine rings is 1. The number of methoxy groups -OCH3 is 1. The number of carbonyl (C=O) groups is 1. The van der Waals surface area contributed by atoms with Crippen LogP contribution in [0.1, 0.15) is 10.4 Å². The van der Waals surface area contributed by atoms with Crippen LogP contribution in [0.5, 0.6) is 5.75 Å². The lowest BCUT2D eigenvalue weighted by Crippen LogP contribution is -2.14. The third kappa shape index (κ3) is 2.98. The van der Waals surface area contributed by atoms with Crippen LogP contribution in [0.3, 0.4) is 0 Å². The molecule has 2 aromatic heterocycles. The van der Waals surface area contributed by atoms with Crippen LogP contribution in [0.4, 0.5) is 5.95 Å². The van der Waals surface area contributed by atoms with Crippen LogP contribution in [-0.4, -0.2) is 33.2 Å². The quantitative estimate of drug-likeness (QED) is 0.592. The van der Waals surface area contributed by atoms with E-state index < -0.39 is 0 Å². The van der Waals surface area contributed by atoms with Crippen molar-refractivity contribution in [3.8, 4) is 17.0 Å². The first kappa shape index (κ1) is 15.8. The van der Waals surface area contributed by atoms with E-state index in [-0.39, 0.29) is 5.91 Å². The molecule has 0 saturated heterocycles. The minimum Gasteiger partial charge on any atom is -0.497 e. The van der Waals surface area contributed by atoms with Gasteiger partial charge in [-0.05, 0) is 24.3 Å². The SMILES string of the molecule is COc1cccc(-c2cc(C(=O)Nc3ncn[nH]3)c3ccccc3n2)c1. The molecule has 0 radical (unpaired) electrons. The molecule has 4 rings (SSSR count). The Hall–Kier alpha value is -3.74. The van der Waals surface area contributed by atoms with Crippen LogP contribution in [0.15, 0.2) is 60.9 Å². The molecular formula is C19H15N5O2. The Balaban J connectivity index is 1.84. The number of aromatic nitrogens is 4. The van der Waals surface area contributed by atoms with E-state index >= 15 is 0 Å². The van der Waals surface area contributed by atoms with Gasteiger partial charge in [0.2, 0.25) is 5.95 Å². The standard InChI is InChI=1S/C19H15N5O2/c1-26-13-6-4-5-12(9-13)17-10-15(14-7-2-3-8-16(14)22-17)18(25)23-19-20-11-21-24-19/h2-11H,1H3,(H2,20,21,23,24,25). The minimum absolute atomic E-state index is 0.288. The zero-order valence-corrected chi connectivity index (χ0v) is 13.9. The van der Waals surface area contributed by atoms with Crippen molar-refractivity contribution in [3.05, 3.63) is 66.5 Å². The molecule has 0 saturated carbocycles. The van der Waals surface area contributed by atoms with Crippen LogP contribution < -0.4 is 10.1 Å². The topological polar surface area (TPSA) is 92.8 Å². The number of rotatable bonds is 4. The largest absolute Gasteiger partial charge is 0.497 e. The number of para-hydroxylation sites is 1. The molecule has 2 heterocycles. The molecule has 7 nitrogen and oxygen atoms in total. The first-order valence-corrected chi connectivity index (χ1v) is 7.95. The Bertz CT molecular complexity index is 1080. The second-order valence-corrected chi connectivity index (χ2v) is 5.59. The Labute approximate surface area is 149 Å². The predicted molar refractivity (Wildman–Crippen MR) is 98.1 cm³/mol. The summed E-state index contributed by atoms with van der Waals surface area (Å²) in [6.45, 7) is 0. The summed E-state index contributed by atoms with van der Waals surface area (Å²) in [5.41, 5.74) is 2.79. The molecule has 26 heavy (non-hydrogen) atoms. The van der Waals surface area contributed by atoms with Gasteiger partial charge < -0.3 is 4.74 Å². The molecule has 0 aliphatic carbocycles. The zero-order valence-electron chi connectivity index (χ0n) is 13.9. The highest BCUT2D eigenvalue weighted by atomic mass is 16.5. The monoisotopic (exact) mass is 345 g/mol. The van der Waals surface area contributed by atoms with E-state index in [1.807, 2.05) is 48.5 Å². The van der Waals surface area contributed by atoms with Crippen LogP contribution in [0.2, 0.25) is 0 Å². The lowest BCUT2D eigenvalue weighted by Gasteiger charge is -2.10. The van der Waals surface area contributed by atoms with E-state index in [2.05, 4.69) is 25.5 Å². The Kier molecular flexibility index (Phi) is 4.03. The van der Waals surface area contributed by atoms with Gasteiger partial charge in [-0.3, -0.25) is 10.1 Å². The van der Waals surface area contributed by atoms with Crippen molar-refractivity contribution in [3.63, 3.8) is 0 Å². The summed E-state index contributed by atoms with van der Waals surface area (Å²) in [4.78, 5) is 21.4. The number of amides is 1. The number of ether oxygens (including phenoxy) is 1. The highest BCUT2D eigenvalue weighted by molar-refractivity contribution is 6.12. The minimum atomic E-state index is -0.288. The molecule has 0 aliphatic heterocycles. The molecule has 0 bridgehead atoms. The van der Waals surface area contributed by atoms with E-state index in [1.165, 1.54) is 6.33 Å². The van der Waals surface area contributed by atoms with Crippen molar-refractivity contribution in [2.24, 2.45) is 0 Å². The number of aromatic amines is 1. The second kappa shape index (κ2) is 6.64. The van der Waals surface area contributed by atoms with Gasteiger partial charge in [0, 0.05) is 10.9 Å². The van der Waals surface area contributed by atoms with Crippen LogP contribution in [0, 0.1) is 0 Å². The van der Waals surface area contributed by atoms with E-state index in [1.54, 1.807) is 13.2 Å². The van der Waals surface area contributed by atoms with Crippen molar-refractivity contribution < 1.29 is 9.53 Å². The van der Waals surface area contributed by atoms with E-state index in [0.29, 0.717) is 17.2 Å². The maximum absolute atomic E-state index is 12.8. The molecule has 4 aromatic rings. The first-order valence-electron chi connectivity index (χ1n) is 7.95. The summed E-state index contributed by atoms with van der Waals surface area (Å²) < 4.78 is 5.29. The number of anilines is 1. The van der Waals surface area contributed by atoms with Crippen LogP contribution in [-0.2, 0) is 0 Å². The van der Waals surface area contributed by atoms with Crippen molar-refractivity contribution in [1.82, 2.24) is 20.2 Å². The molecule has 0 unspecified atom stereocenters. The number of nitrogens with zero attached hydrogens (tertiary/aromatic N) is 3. The van der Waals surface area contributed by atoms with Gasteiger partial charge in [-0.25, -0.2) is 10.1 Å². The molecule has 2 aromatic carbocycles. The number of carbonyl (C=O) groups excluding carboxylic acids is 1. The highest BCUT2D eigenvalue weighted by Gasteiger charge is 2.15. The fourth-order valence-electron chi connectivity index (χ4n) is 2.73. The molecule has 7 heteroatoms. The van der Waals surface area contributed by atoms with Gasteiger partial charge in [0.15, 0.2) is 0 Å². The van der Waals surface area contributed by atoms with Gasteiger partial charge in [0.1, 0.15) is 12.1 Å². The van der Waals surface area contributed by atoms with Gasteiger partial charge in [0.05, 0.1) is 23.9 Å². The Morgan fingerprint density at radius 2 is 2.00 bits per heavy atom. The highest BCUT2D eigenvalue weighted by Crippen LogP contribution is 2.27. The number of fused-ring (bicyclic) bond motifs is 1. The van der Waals surface area contributed by atoms with Gasteiger partial charge in [-0.1, -0.05) is 30.3 Å². The van der Waals surface area contributed by atoms with Crippen molar-refractivity contribution in [2.45, 2.75) is 0 Å². The molecule has 1 amide bonds. The van der Waals surface area contributed by atoms with E-state index in [0.717, 1.165) is 22.2 Å². The van der Waals surface area contributed by atoms with E-state index in [9.17, 15) is 4.79 Å². The summed E-state index contributed by atoms with van der Waals surface area (Å²) in [7, 11) is 1.61. The summed E-state index contributed by atoms with van der Waals surface area (Å²) in [5.74, 6) is 0.730. The zero-order chi connectivity index (χ0) is 17.9. The third-order valence-electron chi connectivity index (χ3n) is 3.97. The Morgan fingerprint density at radius 3 is 2.81 bits per heavy atom. The molecule has 2 N–H and O–H groups in total. The molecular weight excluding hydrogens is 330 g/mol. The summed E-state index contributed by atoms with van der Waals surface area (Å²) >= 11 is 0. The van der Waals surface area contributed by atoms with Crippen LogP contribution in [0.25, 0.3) is 22.2 Å². The fourth-order valence-corrected chi connectivity index (χ4v) is 2.73. The summed E-state index contributed by atoms with van der Waals surface area (Å²) in [6, 6.07) is 16.8. The molecule has 0 spiro atoms. The number of nitrogens with one attached hydrogen (secondary N) is 2. The molecule has 0 fully saturated rings. The summed E-state index contributed by atoms with van der Waals surface area (Å²) in [5, 5.41) is 9.83. The normalized spacial score (nSPS) is 10.7. The smallest absolute Gasteiger partial charge is 0.258 e. The maximum Gasteiger partial charge on any atom is 0.258 e. The van der Waals surface area contributed by atoms with Gasteiger partial charge in [-0.15, -0.1) is 0 Å². The van der Waals surface area contributed by atoms with Crippen molar-refractivity contribution in [2.75, 3.05) is 12.4 Å². The first-order chi connectivity index (χ1) is 12.7. The number of H-pyrrole nitrogens is 1. The lowest BCUT2D eigenvalue weighted by molar-refractivity contribution is 0.102. The fraction of sp³-hybridized carbons (Fsp3) is 0.0526. The number of hydrogen-bond donors (Lipinski definition) is 2. The molecule has 0 aliphatic rings. The maximum atomic E-state index is 12.8.